The number of furan rings is 1. The summed E-state index contributed by atoms with van der Waals surface area (Å²) >= 11 is 0. The largest absolute Gasteiger partial charge is 0.459 e. The van der Waals surface area contributed by atoms with Gasteiger partial charge in [-0.25, -0.2) is 0 Å². The molecule has 0 aliphatic rings. The minimum absolute atomic E-state index is 0.225. The molecule has 1 heterocycles. The topological polar surface area (TPSA) is 42.2 Å². The standard InChI is InChI=1S/C13H13NO2/c1-9-5-6-11(10(2)8-9)14-13(15)12-4-3-7-16-12/h3-8H,1-2H3,(H,14,15). The quantitative estimate of drug-likeness (QED) is 0.836. The summed E-state index contributed by atoms with van der Waals surface area (Å²) < 4.78 is 5.02. The Labute approximate surface area is 94.1 Å². The predicted molar refractivity (Wildman–Crippen MR) is 62.6 cm³/mol. The zero-order chi connectivity index (χ0) is 11.5. The molecule has 0 bridgehead atoms. The van der Waals surface area contributed by atoms with Gasteiger partial charge in [0, 0.05) is 5.69 Å². The fourth-order valence-corrected chi connectivity index (χ4v) is 1.55. The van der Waals surface area contributed by atoms with Crippen molar-refractivity contribution in [3.8, 4) is 0 Å². The number of hydrogen-bond acceptors (Lipinski definition) is 2. The summed E-state index contributed by atoms with van der Waals surface area (Å²) in [7, 11) is 0. The van der Waals surface area contributed by atoms with Gasteiger partial charge in [0.05, 0.1) is 6.26 Å². The highest BCUT2D eigenvalue weighted by Crippen LogP contribution is 2.17. The molecule has 3 nitrogen and oxygen atoms in total. The molecule has 1 aromatic carbocycles. The third-order valence-electron chi connectivity index (χ3n) is 2.38. The summed E-state index contributed by atoms with van der Waals surface area (Å²) in [6.07, 6.45) is 1.48. The van der Waals surface area contributed by atoms with Gasteiger partial charge in [-0.15, -0.1) is 0 Å². The van der Waals surface area contributed by atoms with Gasteiger partial charge in [0.1, 0.15) is 0 Å². The zero-order valence-electron chi connectivity index (χ0n) is 9.28. The molecule has 0 saturated carbocycles. The highest BCUT2D eigenvalue weighted by atomic mass is 16.3. The highest BCUT2D eigenvalue weighted by molar-refractivity contribution is 6.02. The fraction of sp³-hybridized carbons (Fsp3) is 0.154. The van der Waals surface area contributed by atoms with E-state index in [0.717, 1.165) is 11.3 Å². The van der Waals surface area contributed by atoms with E-state index in [4.69, 9.17) is 4.42 Å². The van der Waals surface area contributed by atoms with Crippen molar-refractivity contribution in [3.63, 3.8) is 0 Å². The van der Waals surface area contributed by atoms with E-state index in [-0.39, 0.29) is 5.91 Å². The monoisotopic (exact) mass is 215 g/mol. The number of amides is 1. The van der Waals surface area contributed by atoms with Crippen LogP contribution in [0.25, 0.3) is 0 Å². The predicted octanol–water partition coefficient (Wildman–Crippen LogP) is 3.15. The van der Waals surface area contributed by atoms with Gasteiger partial charge in [-0.2, -0.15) is 0 Å². The van der Waals surface area contributed by atoms with Crippen molar-refractivity contribution in [2.75, 3.05) is 5.32 Å². The molecular weight excluding hydrogens is 202 g/mol. The normalized spacial score (nSPS) is 10.1. The van der Waals surface area contributed by atoms with Gasteiger partial charge in [-0.1, -0.05) is 17.7 Å². The van der Waals surface area contributed by atoms with Crippen molar-refractivity contribution in [2.24, 2.45) is 0 Å². The van der Waals surface area contributed by atoms with Crippen LogP contribution in [-0.2, 0) is 0 Å². The molecule has 0 unspecified atom stereocenters. The number of anilines is 1. The number of benzene rings is 1. The molecule has 16 heavy (non-hydrogen) atoms. The van der Waals surface area contributed by atoms with Crippen molar-refractivity contribution >= 4 is 11.6 Å². The summed E-state index contributed by atoms with van der Waals surface area (Å²) in [5, 5.41) is 2.81. The number of nitrogens with one attached hydrogen (secondary N) is 1. The van der Waals surface area contributed by atoms with E-state index in [2.05, 4.69) is 5.32 Å². The minimum atomic E-state index is -0.225. The second kappa shape index (κ2) is 4.23. The molecule has 2 rings (SSSR count). The van der Waals surface area contributed by atoms with E-state index in [0.29, 0.717) is 5.76 Å². The molecule has 82 valence electrons. The number of rotatable bonds is 2. The Morgan fingerprint density at radius 2 is 2.06 bits per heavy atom. The maximum absolute atomic E-state index is 11.7. The maximum atomic E-state index is 11.7. The number of aryl methyl sites for hydroxylation is 2. The summed E-state index contributed by atoms with van der Waals surface area (Å²) in [6.45, 7) is 3.98. The SMILES string of the molecule is Cc1ccc(NC(=O)c2ccco2)c(C)c1. The fourth-order valence-electron chi connectivity index (χ4n) is 1.55. The molecule has 0 fully saturated rings. The molecule has 1 aromatic heterocycles. The third kappa shape index (κ3) is 2.14. The highest BCUT2D eigenvalue weighted by Gasteiger charge is 2.09. The lowest BCUT2D eigenvalue weighted by atomic mass is 10.1. The lowest BCUT2D eigenvalue weighted by molar-refractivity contribution is 0.0996. The Morgan fingerprint density at radius 1 is 1.25 bits per heavy atom. The second-order valence-electron chi connectivity index (χ2n) is 3.75. The van der Waals surface area contributed by atoms with Crippen LogP contribution in [0.3, 0.4) is 0 Å². The van der Waals surface area contributed by atoms with Gasteiger partial charge in [-0.3, -0.25) is 4.79 Å². The Kier molecular flexibility index (Phi) is 2.77. The van der Waals surface area contributed by atoms with E-state index < -0.39 is 0 Å². The lowest BCUT2D eigenvalue weighted by Gasteiger charge is -2.07. The van der Waals surface area contributed by atoms with E-state index >= 15 is 0 Å². The van der Waals surface area contributed by atoms with Crippen LogP contribution in [0.2, 0.25) is 0 Å². The van der Waals surface area contributed by atoms with Crippen LogP contribution in [0.4, 0.5) is 5.69 Å². The minimum Gasteiger partial charge on any atom is -0.459 e. The Bertz CT molecular complexity index is 501. The molecule has 0 spiro atoms. The summed E-state index contributed by atoms with van der Waals surface area (Å²) in [4.78, 5) is 11.7. The third-order valence-corrected chi connectivity index (χ3v) is 2.38. The molecule has 0 saturated heterocycles. The lowest BCUT2D eigenvalue weighted by Crippen LogP contribution is -2.11. The van der Waals surface area contributed by atoms with Gasteiger partial charge < -0.3 is 9.73 Å². The molecule has 3 heteroatoms. The first kappa shape index (κ1) is 10.5. The van der Waals surface area contributed by atoms with Crippen molar-refractivity contribution in [1.82, 2.24) is 0 Å². The van der Waals surface area contributed by atoms with Crippen LogP contribution in [0.1, 0.15) is 21.7 Å². The molecule has 0 atom stereocenters. The summed E-state index contributed by atoms with van der Waals surface area (Å²) in [5.41, 5.74) is 3.03. The van der Waals surface area contributed by atoms with Gasteiger partial charge in [0.2, 0.25) is 0 Å². The first-order valence-electron chi connectivity index (χ1n) is 5.09. The van der Waals surface area contributed by atoms with Crippen LogP contribution in [-0.4, -0.2) is 5.91 Å². The van der Waals surface area contributed by atoms with Crippen molar-refractivity contribution < 1.29 is 9.21 Å². The van der Waals surface area contributed by atoms with E-state index in [1.807, 2.05) is 32.0 Å². The second-order valence-corrected chi connectivity index (χ2v) is 3.75. The Balaban J connectivity index is 2.18. The van der Waals surface area contributed by atoms with Crippen molar-refractivity contribution in [3.05, 3.63) is 53.5 Å². The molecule has 2 aromatic rings. The van der Waals surface area contributed by atoms with Crippen LogP contribution < -0.4 is 5.32 Å². The molecular formula is C13H13NO2. The van der Waals surface area contributed by atoms with Gasteiger partial charge >= 0.3 is 0 Å². The van der Waals surface area contributed by atoms with Gasteiger partial charge in [-0.05, 0) is 37.6 Å². The van der Waals surface area contributed by atoms with Crippen molar-refractivity contribution in [2.45, 2.75) is 13.8 Å². The van der Waals surface area contributed by atoms with Crippen molar-refractivity contribution in [1.29, 1.82) is 0 Å². The average molecular weight is 215 g/mol. The van der Waals surface area contributed by atoms with Crippen LogP contribution in [0.5, 0.6) is 0 Å². The van der Waals surface area contributed by atoms with E-state index in [9.17, 15) is 4.79 Å². The first-order valence-corrected chi connectivity index (χ1v) is 5.09. The smallest absolute Gasteiger partial charge is 0.291 e. The average Bonchev–Trinajstić information content (AvgIpc) is 2.75. The Morgan fingerprint density at radius 3 is 2.69 bits per heavy atom. The van der Waals surface area contributed by atoms with Gasteiger partial charge in [0.15, 0.2) is 5.76 Å². The maximum Gasteiger partial charge on any atom is 0.291 e. The number of carbonyl (C=O) groups is 1. The molecule has 0 radical (unpaired) electrons. The van der Waals surface area contributed by atoms with E-state index in [1.165, 1.54) is 11.8 Å². The van der Waals surface area contributed by atoms with Crippen LogP contribution in [0.15, 0.2) is 41.0 Å². The van der Waals surface area contributed by atoms with Gasteiger partial charge in [0.25, 0.3) is 5.91 Å². The summed E-state index contributed by atoms with van der Waals surface area (Å²) in [5.74, 6) is 0.0944. The Hall–Kier alpha value is -2.03. The molecule has 0 aliphatic carbocycles. The van der Waals surface area contributed by atoms with E-state index in [1.54, 1.807) is 12.1 Å². The van der Waals surface area contributed by atoms with Crippen LogP contribution in [0, 0.1) is 13.8 Å². The summed E-state index contributed by atoms with van der Waals surface area (Å²) in [6, 6.07) is 9.21. The molecule has 1 N–H and O–H groups in total. The molecule has 1 amide bonds. The van der Waals surface area contributed by atoms with Crippen LogP contribution >= 0.6 is 0 Å². The number of carbonyl (C=O) groups excluding carboxylic acids is 1. The molecule has 0 aliphatic heterocycles. The zero-order valence-corrected chi connectivity index (χ0v) is 9.28. The first-order chi connectivity index (χ1) is 7.66. The number of hydrogen-bond donors (Lipinski definition) is 1.